The van der Waals surface area contributed by atoms with E-state index in [0.717, 1.165) is 13.0 Å². The van der Waals surface area contributed by atoms with Crippen molar-refractivity contribution in [2.24, 2.45) is 0 Å². The zero-order chi connectivity index (χ0) is 8.74. The first-order valence-corrected chi connectivity index (χ1v) is 5.60. The lowest BCUT2D eigenvalue weighted by Gasteiger charge is -2.25. The molecule has 0 aliphatic carbocycles. The summed E-state index contributed by atoms with van der Waals surface area (Å²) in [5.74, 6) is 0. The van der Waals surface area contributed by atoms with E-state index in [4.69, 9.17) is 8.85 Å². The molecule has 0 unspecified atom stereocenters. The van der Waals surface area contributed by atoms with Crippen LogP contribution in [0.2, 0.25) is 0 Å². The topological polar surface area (TPSA) is 42.5 Å². The molecular formula is C6H18N2O2Si. The van der Waals surface area contributed by atoms with Crippen LogP contribution < -0.4 is 9.96 Å². The molecule has 0 saturated heterocycles. The Bertz CT molecular complexity index is 90.3. The van der Waals surface area contributed by atoms with E-state index in [1.54, 1.807) is 14.2 Å². The van der Waals surface area contributed by atoms with Crippen molar-refractivity contribution in [2.75, 3.05) is 27.8 Å². The number of hydrogen-bond donors (Lipinski definition) is 2. The van der Waals surface area contributed by atoms with Crippen LogP contribution in [-0.2, 0) is 8.85 Å². The Morgan fingerprint density at radius 2 is 1.82 bits per heavy atom. The number of nitrogens with one attached hydrogen (secondary N) is 2. The Hall–Kier alpha value is 0.0569. The summed E-state index contributed by atoms with van der Waals surface area (Å²) in [4.78, 5) is 6.25. The molecule has 11 heavy (non-hydrogen) atoms. The van der Waals surface area contributed by atoms with E-state index in [0.29, 0.717) is 0 Å². The zero-order valence-corrected chi connectivity index (χ0v) is 8.73. The van der Waals surface area contributed by atoms with E-state index in [1.165, 1.54) is 0 Å². The van der Waals surface area contributed by atoms with Gasteiger partial charge in [-0.25, -0.2) is 0 Å². The predicted molar refractivity (Wildman–Crippen MR) is 47.1 cm³/mol. The van der Waals surface area contributed by atoms with Crippen molar-refractivity contribution in [3.63, 3.8) is 0 Å². The molecule has 0 aromatic rings. The summed E-state index contributed by atoms with van der Waals surface area (Å²) < 4.78 is 10.5. The second-order valence-corrected chi connectivity index (χ2v) is 5.10. The van der Waals surface area contributed by atoms with Crippen LogP contribution >= 0.6 is 0 Å². The highest BCUT2D eigenvalue weighted by Crippen LogP contribution is 1.93. The van der Waals surface area contributed by atoms with Gasteiger partial charge in [-0.2, -0.15) is 0 Å². The summed E-state index contributed by atoms with van der Waals surface area (Å²) >= 11 is 0. The van der Waals surface area contributed by atoms with Crippen LogP contribution in [0, 0.1) is 0 Å². The third-order valence-electron chi connectivity index (χ3n) is 1.51. The minimum atomic E-state index is -2.24. The highest BCUT2D eigenvalue weighted by molar-refractivity contribution is 6.61. The summed E-state index contributed by atoms with van der Waals surface area (Å²) in [6.45, 7) is 3.02. The molecule has 0 radical (unpaired) electrons. The van der Waals surface area contributed by atoms with Crippen molar-refractivity contribution in [1.29, 1.82) is 0 Å². The first kappa shape index (κ1) is 11.1. The van der Waals surface area contributed by atoms with Gasteiger partial charge in [-0.15, -0.1) is 0 Å². The van der Waals surface area contributed by atoms with E-state index in [-0.39, 0.29) is 0 Å². The zero-order valence-electron chi connectivity index (χ0n) is 7.73. The van der Waals surface area contributed by atoms with Gasteiger partial charge in [0, 0.05) is 14.2 Å². The van der Waals surface area contributed by atoms with Crippen LogP contribution in [0.4, 0.5) is 0 Å². The maximum Gasteiger partial charge on any atom is 0.516 e. The van der Waals surface area contributed by atoms with Crippen molar-refractivity contribution in [3.8, 4) is 0 Å². The molecule has 0 saturated carbocycles. The first-order valence-electron chi connectivity index (χ1n) is 3.79. The Morgan fingerprint density at radius 1 is 1.27 bits per heavy atom. The summed E-state index contributed by atoms with van der Waals surface area (Å²) in [6, 6.07) is 0. The molecule has 68 valence electrons. The molecule has 0 aliphatic rings. The molecule has 0 heterocycles. The quantitative estimate of drug-likeness (QED) is 0.559. The normalized spacial score (nSPS) is 12.0. The van der Waals surface area contributed by atoms with Crippen LogP contribution in [0.25, 0.3) is 0 Å². The van der Waals surface area contributed by atoms with Crippen molar-refractivity contribution >= 4 is 8.88 Å². The van der Waals surface area contributed by atoms with Crippen molar-refractivity contribution in [3.05, 3.63) is 0 Å². The summed E-state index contributed by atoms with van der Waals surface area (Å²) in [7, 11) is 2.89. The van der Waals surface area contributed by atoms with Gasteiger partial charge >= 0.3 is 8.88 Å². The van der Waals surface area contributed by atoms with E-state index >= 15 is 0 Å². The van der Waals surface area contributed by atoms with E-state index in [1.807, 2.05) is 7.05 Å². The molecular weight excluding hydrogens is 160 g/mol. The molecule has 0 aromatic carbocycles. The minimum absolute atomic E-state index is 0.911. The molecule has 0 spiro atoms. The van der Waals surface area contributed by atoms with Gasteiger partial charge in [0.2, 0.25) is 0 Å². The van der Waals surface area contributed by atoms with E-state index in [9.17, 15) is 0 Å². The molecule has 0 aliphatic heterocycles. The van der Waals surface area contributed by atoms with E-state index in [2.05, 4.69) is 16.9 Å². The summed E-state index contributed by atoms with van der Waals surface area (Å²) in [5.41, 5.74) is 0. The van der Waals surface area contributed by atoms with Crippen LogP contribution in [0.3, 0.4) is 0 Å². The molecule has 4 nitrogen and oxygen atoms in total. The van der Waals surface area contributed by atoms with Crippen LogP contribution in [-0.4, -0.2) is 36.7 Å². The third-order valence-corrected chi connectivity index (χ3v) is 4.04. The second-order valence-electron chi connectivity index (χ2n) is 2.20. The van der Waals surface area contributed by atoms with Gasteiger partial charge in [-0.05, 0) is 20.0 Å². The van der Waals surface area contributed by atoms with Gasteiger partial charge in [-0.3, -0.25) is 9.96 Å². The highest BCUT2D eigenvalue weighted by atomic mass is 28.4. The smallest absolute Gasteiger partial charge is 0.374 e. The maximum absolute atomic E-state index is 5.23. The van der Waals surface area contributed by atoms with Gasteiger partial charge in [0.25, 0.3) is 0 Å². The van der Waals surface area contributed by atoms with Crippen molar-refractivity contribution in [1.82, 2.24) is 9.96 Å². The predicted octanol–water partition coefficient (Wildman–Crippen LogP) is -0.0662. The molecule has 0 atom stereocenters. The second kappa shape index (κ2) is 5.67. The van der Waals surface area contributed by atoms with Gasteiger partial charge in [0.05, 0.1) is 0 Å². The van der Waals surface area contributed by atoms with Gasteiger partial charge in [-0.1, -0.05) is 6.92 Å². The van der Waals surface area contributed by atoms with Gasteiger partial charge < -0.3 is 8.85 Å². The molecule has 0 rings (SSSR count). The largest absolute Gasteiger partial charge is 0.516 e. The number of rotatable bonds is 6. The highest BCUT2D eigenvalue weighted by Gasteiger charge is 2.34. The lowest BCUT2D eigenvalue weighted by molar-refractivity contribution is 0.217. The fraction of sp³-hybridized carbons (Fsp3) is 1.00. The van der Waals surface area contributed by atoms with Crippen molar-refractivity contribution in [2.45, 2.75) is 13.3 Å². The minimum Gasteiger partial charge on any atom is -0.374 e. The SMILES string of the molecule is CCCN[Si](NC)(OC)OC. The van der Waals surface area contributed by atoms with Crippen LogP contribution in [0.5, 0.6) is 0 Å². The lowest BCUT2D eigenvalue weighted by atomic mass is 10.5. The summed E-state index contributed by atoms with van der Waals surface area (Å²) in [6.07, 6.45) is 1.07. The lowest BCUT2D eigenvalue weighted by Crippen LogP contribution is -2.65. The molecule has 0 fully saturated rings. The molecule has 0 aromatic heterocycles. The summed E-state index contributed by atoms with van der Waals surface area (Å²) in [5, 5.41) is 0. The van der Waals surface area contributed by atoms with Crippen LogP contribution in [0.1, 0.15) is 13.3 Å². The molecule has 5 heteroatoms. The standard InChI is InChI=1S/C6H18N2O2Si/c1-5-6-8-11(7-2,9-3)10-4/h7-8H,5-6H2,1-4H3. The molecule has 0 amide bonds. The van der Waals surface area contributed by atoms with E-state index < -0.39 is 8.88 Å². The first-order chi connectivity index (χ1) is 5.24. The van der Waals surface area contributed by atoms with Gasteiger partial charge in [0.1, 0.15) is 0 Å². The molecule has 0 bridgehead atoms. The van der Waals surface area contributed by atoms with Crippen LogP contribution in [0.15, 0.2) is 0 Å². The average Bonchev–Trinajstić information content (AvgIpc) is 2.08. The molecule has 2 N–H and O–H groups in total. The third kappa shape index (κ3) is 3.30. The monoisotopic (exact) mass is 178 g/mol. The Kier molecular flexibility index (Phi) is 5.70. The van der Waals surface area contributed by atoms with Crippen molar-refractivity contribution < 1.29 is 8.85 Å². The average molecular weight is 178 g/mol. The maximum atomic E-state index is 5.23. The Labute approximate surface area is 69.7 Å². The Balaban J connectivity index is 3.84. The Morgan fingerprint density at radius 3 is 2.09 bits per heavy atom. The number of hydrogen-bond acceptors (Lipinski definition) is 4. The fourth-order valence-corrected chi connectivity index (χ4v) is 2.43. The fourth-order valence-electron chi connectivity index (χ4n) is 0.810. The van der Waals surface area contributed by atoms with Gasteiger partial charge in [0.15, 0.2) is 0 Å².